The van der Waals surface area contributed by atoms with Gasteiger partial charge in [-0.05, 0) is 24.3 Å². The fraction of sp³-hybridized carbons (Fsp3) is 0.118. The number of nitrogens with zero attached hydrogens (tertiary/aromatic N) is 3. The van der Waals surface area contributed by atoms with Gasteiger partial charge in [0.25, 0.3) is 0 Å². The van der Waals surface area contributed by atoms with Crippen molar-refractivity contribution in [1.29, 1.82) is 0 Å². The molecule has 1 aromatic heterocycles. The fourth-order valence-electron chi connectivity index (χ4n) is 2.10. The lowest BCUT2D eigenvalue weighted by Crippen LogP contribution is -2.08. The molecule has 0 unspecified atom stereocenters. The Hall–Kier alpha value is -3.15. The van der Waals surface area contributed by atoms with Gasteiger partial charge < -0.3 is 10.1 Å². The molecule has 1 N–H and O–H groups in total. The maximum absolute atomic E-state index is 11.2. The molecule has 0 aliphatic rings. The second kappa shape index (κ2) is 6.74. The maximum atomic E-state index is 11.2. The molecule has 0 spiro atoms. The molecule has 6 heteroatoms. The Balaban J connectivity index is 1.70. The summed E-state index contributed by atoms with van der Waals surface area (Å²) in [6, 6.07) is 17.0. The van der Waals surface area contributed by atoms with E-state index in [4.69, 9.17) is 4.74 Å². The number of hydrogen-bond acceptors (Lipinski definition) is 4. The van der Waals surface area contributed by atoms with Gasteiger partial charge in [0.2, 0.25) is 5.91 Å². The van der Waals surface area contributed by atoms with E-state index in [1.807, 2.05) is 42.5 Å². The Bertz CT molecular complexity index is 799. The lowest BCUT2D eigenvalue weighted by atomic mass is 10.3. The summed E-state index contributed by atoms with van der Waals surface area (Å²) in [6.07, 6.45) is 1.65. The summed E-state index contributed by atoms with van der Waals surface area (Å²) < 4.78 is 7.41. The van der Waals surface area contributed by atoms with Crippen LogP contribution in [0.2, 0.25) is 0 Å². The van der Waals surface area contributed by atoms with E-state index in [0.717, 1.165) is 5.69 Å². The molecule has 116 valence electrons. The minimum absolute atomic E-state index is 0.146. The zero-order valence-corrected chi connectivity index (χ0v) is 12.6. The van der Waals surface area contributed by atoms with Gasteiger partial charge in [-0.3, -0.25) is 4.79 Å². The number of carbonyl (C=O) groups is 1. The van der Waals surface area contributed by atoms with Crippen molar-refractivity contribution in [2.75, 3.05) is 5.32 Å². The Morgan fingerprint density at radius 1 is 1.13 bits per heavy atom. The van der Waals surface area contributed by atoms with E-state index in [0.29, 0.717) is 17.3 Å². The highest BCUT2D eigenvalue weighted by atomic mass is 16.5. The number of hydrogen-bond donors (Lipinski definition) is 1. The monoisotopic (exact) mass is 308 g/mol. The molecule has 6 nitrogen and oxygen atoms in total. The number of nitrogens with one attached hydrogen (secondary N) is 1. The number of benzene rings is 2. The largest absolute Gasteiger partial charge is 0.483 e. The number of rotatable bonds is 5. The molecular weight excluding hydrogens is 292 g/mol. The van der Waals surface area contributed by atoms with Crippen LogP contribution in [0.25, 0.3) is 5.69 Å². The van der Waals surface area contributed by atoms with Crippen LogP contribution in [0, 0.1) is 0 Å². The second-order valence-electron chi connectivity index (χ2n) is 4.91. The molecule has 0 fully saturated rings. The zero-order valence-electron chi connectivity index (χ0n) is 12.6. The van der Waals surface area contributed by atoms with Gasteiger partial charge in [-0.25, -0.2) is 9.67 Å². The Morgan fingerprint density at radius 2 is 1.87 bits per heavy atom. The average molecular weight is 308 g/mol. The highest BCUT2D eigenvalue weighted by molar-refractivity contribution is 5.90. The number of ether oxygens (including phenoxy) is 1. The molecule has 0 atom stereocenters. The summed E-state index contributed by atoms with van der Waals surface area (Å²) >= 11 is 0. The molecule has 2 aromatic carbocycles. The predicted molar refractivity (Wildman–Crippen MR) is 86.4 cm³/mol. The smallest absolute Gasteiger partial charge is 0.221 e. The minimum Gasteiger partial charge on any atom is -0.483 e. The van der Waals surface area contributed by atoms with E-state index in [1.165, 1.54) is 6.92 Å². The second-order valence-corrected chi connectivity index (χ2v) is 4.91. The summed E-state index contributed by atoms with van der Waals surface area (Å²) in [5.41, 5.74) is 1.56. The number of anilines is 1. The van der Waals surface area contributed by atoms with Crippen LogP contribution in [0.3, 0.4) is 0 Å². The van der Waals surface area contributed by atoms with E-state index in [1.54, 1.807) is 23.1 Å². The van der Waals surface area contributed by atoms with Crippen LogP contribution in [0.1, 0.15) is 12.7 Å². The van der Waals surface area contributed by atoms with Crippen molar-refractivity contribution in [1.82, 2.24) is 14.8 Å². The molecule has 0 saturated carbocycles. The van der Waals surface area contributed by atoms with Crippen LogP contribution in [-0.4, -0.2) is 20.7 Å². The van der Waals surface area contributed by atoms with Gasteiger partial charge in [0.1, 0.15) is 18.7 Å². The summed E-state index contributed by atoms with van der Waals surface area (Å²) in [5.74, 6) is 0.998. The first-order chi connectivity index (χ1) is 11.2. The predicted octanol–water partition coefficient (Wildman–Crippen LogP) is 2.80. The molecule has 0 bridgehead atoms. The highest BCUT2D eigenvalue weighted by Crippen LogP contribution is 2.24. The average Bonchev–Trinajstić information content (AvgIpc) is 3.03. The molecule has 1 heterocycles. The van der Waals surface area contributed by atoms with Crippen molar-refractivity contribution in [2.24, 2.45) is 0 Å². The molecule has 3 rings (SSSR count). The van der Waals surface area contributed by atoms with Gasteiger partial charge >= 0.3 is 0 Å². The van der Waals surface area contributed by atoms with Crippen molar-refractivity contribution in [3.63, 3.8) is 0 Å². The lowest BCUT2D eigenvalue weighted by molar-refractivity contribution is -0.114. The van der Waals surface area contributed by atoms with Gasteiger partial charge in [0.05, 0.1) is 11.4 Å². The Morgan fingerprint density at radius 3 is 2.65 bits per heavy atom. The van der Waals surface area contributed by atoms with Gasteiger partial charge in [-0.2, -0.15) is 0 Å². The van der Waals surface area contributed by atoms with Crippen LogP contribution in [0.5, 0.6) is 5.75 Å². The summed E-state index contributed by atoms with van der Waals surface area (Å²) in [7, 11) is 0. The fourth-order valence-corrected chi connectivity index (χ4v) is 2.10. The molecule has 1 amide bonds. The number of para-hydroxylation sites is 3. The standard InChI is InChI=1S/C17H16N4O2/c1-13(22)19-15-9-5-6-10-16(15)23-11-17-18-12-21(20-17)14-7-3-2-4-8-14/h2-10,12H,11H2,1H3,(H,19,22). The van der Waals surface area contributed by atoms with Gasteiger partial charge in [-0.15, -0.1) is 5.10 Å². The molecule has 23 heavy (non-hydrogen) atoms. The van der Waals surface area contributed by atoms with Crippen molar-refractivity contribution < 1.29 is 9.53 Å². The SMILES string of the molecule is CC(=O)Nc1ccccc1OCc1ncn(-c2ccccc2)n1. The molecule has 0 aliphatic carbocycles. The van der Waals surface area contributed by atoms with Crippen molar-refractivity contribution in [3.05, 3.63) is 66.7 Å². The van der Waals surface area contributed by atoms with Crippen molar-refractivity contribution >= 4 is 11.6 Å². The van der Waals surface area contributed by atoms with E-state index >= 15 is 0 Å². The van der Waals surface area contributed by atoms with Crippen molar-refractivity contribution in [2.45, 2.75) is 13.5 Å². The molecule has 0 aliphatic heterocycles. The minimum atomic E-state index is -0.146. The van der Waals surface area contributed by atoms with Crippen molar-refractivity contribution in [3.8, 4) is 11.4 Å². The van der Waals surface area contributed by atoms with Crippen LogP contribution < -0.4 is 10.1 Å². The first kappa shape index (κ1) is 14.8. The number of carbonyl (C=O) groups excluding carboxylic acids is 1. The zero-order chi connectivity index (χ0) is 16.1. The van der Waals surface area contributed by atoms with Gasteiger partial charge in [0, 0.05) is 6.92 Å². The van der Waals surface area contributed by atoms with E-state index in [9.17, 15) is 4.79 Å². The normalized spacial score (nSPS) is 10.3. The van der Waals surface area contributed by atoms with Gasteiger partial charge in [-0.1, -0.05) is 30.3 Å². The van der Waals surface area contributed by atoms with Crippen LogP contribution >= 0.6 is 0 Å². The third kappa shape index (κ3) is 3.74. The Labute approximate surface area is 133 Å². The van der Waals surface area contributed by atoms with E-state index < -0.39 is 0 Å². The maximum Gasteiger partial charge on any atom is 0.221 e. The third-order valence-corrected chi connectivity index (χ3v) is 3.11. The third-order valence-electron chi connectivity index (χ3n) is 3.11. The van der Waals surface area contributed by atoms with Crippen LogP contribution in [0.15, 0.2) is 60.9 Å². The quantitative estimate of drug-likeness (QED) is 0.787. The summed E-state index contributed by atoms with van der Waals surface area (Å²) in [5, 5.41) is 7.11. The molecule has 3 aromatic rings. The number of aromatic nitrogens is 3. The Kier molecular flexibility index (Phi) is 4.33. The lowest BCUT2D eigenvalue weighted by Gasteiger charge is -2.10. The van der Waals surface area contributed by atoms with E-state index in [2.05, 4.69) is 15.4 Å². The molecule has 0 saturated heterocycles. The first-order valence-electron chi connectivity index (χ1n) is 7.18. The highest BCUT2D eigenvalue weighted by Gasteiger charge is 2.07. The summed E-state index contributed by atoms with van der Waals surface area (Å²) in [4.78, 5) is 15.4. The summed E-state index contributed by atoms with van der Waals surface area (Å²) in [6.45, 7) is 1.68. The number of amides is 1. The van der Waals surface area contributed by atoms with E-state index in [-0.39, 0.29) is 12.5 Å². The topological polar surface area (TPSA) is 69.0 Å². The van der Waals surface area contributed by atoms with Crippen LogP contribution in [-0.2, 0) is 11.4 Å². The molecule has 0 radical (unpaired) electrons. The van der Waals surface area contributed by atoms with Crippen LogP contribution in [0.4, 0.5) is 5.69 Å². The van der Waals surface area contributed by atoms with Gasteiger partial charge in [0.15, 0.2) is 5.82 Å². The first-order valence-corrected chi connectivity index (χ1v) is 7.18. The molecular formula is C17H16N4O2.